The third-order valence-corrected chi connectivity index (χ3v) is 0.474. The molecule has 0 aromatic heterocycles. The molecule has 0 aliphatic rings. The number of rotatable bonds is 1. The molecule has 0 heterocycles. The number of hydrogen-bond donors (Lipinski definition) is 2. The summed E-state index contributed by atoms with van der Waals surface area (Å²) in [6.07, 6.45) is 0. The van der Waals surface area contributed by atoms with Crippen molar-refractivity contribution in [3.05, 3.63) is 0 Å². The molecule has 0 rings (SSSR count). The van der Waals surface area contributed by atoms with E-state index in [1.807, 2.05) is 6.92 Å². The van der Waals surface area contributed by atoms with Crippen LogP contribution in [0.4, 0.5) is 0 Å². The van der Waals surface area contributed by atoms with Gasteiger partial charge in [-0.2, -0.15) is 0 Å². The Labute approximate surface area is 69.0 Å². The van der Waals surface area contributed by atoms with Gasteiger partial charge in [-0.25, -0.2) is 0 Å². The number of halogens is 2. The van der Waals surface area contributed by atoms with Crippen LogP contribution in [0.5, 0.6) is 0 Å². The van der Waals surface area contributed by atoms with Crippen LogP contribution in [-0.4, -0.2) is 6.54 Å². The van der Waals surface area contributed by atoms with E-state index >= 15 is 0 Å². The molecule has 1 N–H and O–H groups in total. The van der Waals surface area contributed by atoms with E-state index in [9.17, 15) is 0 Å². The first kappa shape index (κ1) is 11.6. The minimum atomic E-state index is -1.14. The van der Waals surface area contributed by atoms with Crippen LogP contribution in [0.25, 0.3) is 0 Å². The van der Waals surface area contributed by atoms with Crippen molar-refractivity contribution in [2.75, 3.05) is 6.54 Å². The van der Waals surface area contributed by atoms with Crippen LogP contribution in [0, 0.1) is 0 Å². The van der Waals surface area contributed by atoms with E-state index in [-0.39, 0.29) is 0 Å². The molecule has 0 spiro atoms. The molecule has 7 heavy (non-hydrogen) atoms. The predicted octanol–water partition coefficient (Wildman–Crippen LogP) is 1.82. The van der Waals surface area contributed by atoms with E-state index in [1.54, 1.807) is 0 Å². The van der Waals surface area contributed by atoms with Gasteiger partial charge >= 0.3 is 38.6 Å². The monoisotopic (exact) mass is 349 g/mol. The molecule has 0 fully saturated rings. The molecule has 42 valence electrons. The zero-order valence-electron chi connectivity index (χ0n) is 4.12. The average Bonchev–Trinajstić information content (AvgIpc) is 1.69. The molecule has 0 radical (unpaired) electrons. The zero-order valence-corrected chi connectivity index (χ0v) is 12.0. The van der Waals surface area contributed by atoms with E-state index in [0.29, 0.717) is 0 Å². The molecule has 0 aliphatic heterocycles. The Balaban J connectivity index is 0. The quantitative estimate of drug-likeness (QED) is 0.544. The molecule has 0 amide bonds. The van der Waals surface area contributed by atoms with Crippen LogP contribution in [0.15, 0.2) is 0 Å². The van der Waals surface area contributed by atoms with Gasteiger partial charge in [0.15, 0.2) is 0 Å². The van der Waals surface area contributed by atoms with Gasteiger partial charge in [-0.15, -0.1) is 0 Å². The second kappa shape index (κ2) is 15.7. The fourth-order valence-corrected chi connectivity index (χ4v) is 0. The number of thiol groups is 1. The molecular formula is C2H7Cl2HgNS. The molecule has 0 atom stereocenters. The van der Waals surface area contributed by atoms with Gasteiger partial charge in [-0.3, -0.25) is 4.72 Å². The van der Waals surface area contributed by atoms with Crippen molar-refractivity contribution in [2.24, 2.45) is 0 Å². The van der Waals surface area contributed by atoms with Gasteiger partial charge < -0.3 is 0 Å². The third-order valence-electron chi connectivity index (χ3n) is 0.158. The minimum absolute atomic E-state index is 0.934. The van der Waals surface area contributed by atoms with Gasteiger partial charge in [-0.1, -0.05) is 19.7 Å². The van der Waals surface area contributed by atoms with Crippen LogP contribution in [0.2, 0.25) is 0 Å². The van der Waals surface area contributed by atoms with Gasteiger partial charge in [0.25, 0.3) is 0 Å². The Hall–Kier alpha value is 1.83. The van der Waals surface area contributed by atoms with Crippen LogP contribution < -0.4 is 4.72 Å². The van der Waals surface area contributed by atoms with Gasteiger partial charge in [0, 0.05) is 6.54 Å². The van der Waals surface area contributed by atoms with Gasteiger partial charge in [-0.05, 0) is 0 Å². The SMILES string of the molecule is CCNS.[Cl][Hg][Cl]. The van der Waals surface area contributed by atoms with Crippen molar-refractivity contribution in [2.45, 2.75) is 6.92 Å². The third kappa shape index (κ3) is 33.3. The molecule has 0 aliphatic carbocycles. The second-order valence-corrected chi connectivity index (χ2v) is 8.81. The van der Waals surface area contributed by atoms with E-state index in [2.05, 4.69) is 17.5 Å². The average molecular weight is 349 g/mol. The first-order valence-corrected chi connectivity index (χ1v) is 15.8. The summed E-state index contributed by atoms with van der Waals surface area (Å²) < 4.78 is 2.62. The molecule has 0 bridgehead atoms. The fourth-order valence-electron chi connectivity index (χ4n) is 0. The Bertz CT molecular complexity index is 23.2. The predicted molar refractivity (Wildman–Crippen MR) is 34.4 cm³/mol. The Morgan fingerprint density at radius 3 is 1.86 bits per heavy atom. The summed E-state index contributed by atoms with van der Waals surface area (Å²) in [5, 5.41) is 0. The number of nitrogens with one attached hydrogen (secondary N) is 1. The van der Waals surface area contributed by atoms with E-state index in [4.69, 9.17) is 16.5 Å². The summed E-state index contributed by atoms with van der Waals surface area (Å²) in [6.45, 7) is 2.93. The van der Waals surface area contributed by atoms with E-state index < -0.39 is 22.1 Å². The molecule has 5 heteroatoms. The Kier molecular flexibility index (Phi) is 25.9. The van der Waals surface area contributed by atoms with Gasteiger partial charge in [0.05, 0.1) is 0 Å². The first-order valence-electron chi connectivity index (χ1n) is 1.82. The van der Waals surface area contributed by atoms with Crippen molar-refractivity contribution in [1.82, 2.24) is 4.72 Å². The van der Waals surface area contributed by atoms with Crippen molar-refractivity contribution in [3.8, 4) is 0 Å². The normalized spacial score (nSPS) is 5.71. The van der Waals surface area contributed by atoms with Crippen molar-refractivity contribution < 1.29 is 22.1 Å². The molecule has 1 nitrogen and oxygen atoms in total. The Morgan fingerprint density at radius 2 is 1.86 bits per heavy atom. The van der Waals surface area contributed by atoms with Crippen LogP contribution in [0.1, 0.15) is 6.92 Å². The topological polar surface area (TPSA) is 12.0 Å². The molecule has 0 aromatic rings. The zero-order chi connectivity index (χ0) is 6.12. The van der Waals surface area contributed by atoms with E-state index in [1.165, 1.54) is 0 Å². The summed E-state index contributed by atoms with van der Waals surface area (Å²) in [6, 6.07) is 0. The maximum absolute atomic E-state index is 4.99. The van der Waals surface area contributed by atoms with Gasteiger partial charge in [0.1, 0.15) is 0 Å². The summed E-state index contributed by atoms with van der Waals surface area (Å²) >= 11 is 2.53. The van der Waals surface area contributed by atoms with Crippen molar-refractivity contribution in [1.29, 1.82) is 0 Å². The molecule has 0 saturated carbocycles. The summed E-state index contributed by atoms with van der Waals surface area (Å²) in [7, 11) is 9.97. The Morgan fingerprint density at radius 1 is 1.71 bits per heavy atom. The summed E-state index contributed by atoms with van der Waals surface area (Å²) in [5.74, 6) is 0. The second-order valence-electron chi connectivity index (χ2n) is 0.613. The molecular weight excluding hydrogens is 342 g/mol. The fraction of sp³-hybridized carbons (Fsp3) is 1.00. The van der Waals surface area contributed by atoms with Crippen molar-refractivity contribution in [3.63, 3.8) is 0 Å². The van der Waals surface area contributed by atoms with Crippen molar-refractivity contribution >= 4 is 29.3 Å². The molecule has 0 unspecified atom stereocenters. The summed E-state index contributed by atoms with van der Waals surface area (Å²) in [5.41, 5.74) is 0. The van der Waals surface area contributed by atoms with Crippen LogP contribution >= 0.6 is 29.3 Å². The van der Waals surface area contributed by atoms with Crippen LogP contribution in [0.3, 0.4) is 0 Å². The first-order chi connectivity index (χ1) is 3.33. The summed E-state index contributed by atoms with van der Waals surface area (Å²) in [4.78, 5) is 0. The molecule has 0 saturated heterocycles. The standard InChI is InChI=1S/C2H7NS.2ClH.Hg/c1-2-3-4;;;/h3-4H,2H2,1H3;2*1H;/q;;;+2/p-2. The van der Waals surface area contributed by atoms with Gasteiger partial charge in [0.2, 0.25) is 0 Å². The van der Waals surface area contributed by atoms with Crippen LogP contribution in [-0.2, 0) is 22.1 Å². The maximum atomic E-state index is 4.99. The molecule has 0 aromatic carbocycles. The van der Waals surface area contributed by atoms with E-state index in [0.717, 1.165) is 6.54 Å². The number of hydrogen-bond acceptors (Lipinski definition) is 2.